The number of halogens is 3. The molecule has 0 radical (unpaired) electrons. The zero-order valence-electron chi connectivity index (χ0n) is 14.8. The van der Waals surface area contributed by atoms with E-state index in [0.717, 1.165) is 0 Å². The van der Waals surface area contributed by atoms with Gasteiger partial charge < -0.3 is 19.4 Å². The van der Waals surface area contributed by atoms with Crippen molar-refractivity contribution in [2.75, 3.05) is 13.7 Å². The highest BCUT2D eigenvalue weighted by Gasteiger charge is 2.31. The van der Waals surface area contributed by atoms with E-state index in [0.29, 0.717) is 34.2 Å². The number of alkyl halides is 3. The van der Waals surface area contributed by atoms with E-state index in [-0.39, 0.29) is 6.54 Å². The lowest BCUT2D eigenvalue weighted by Gasteiger charge is -2.11. The van der Waals surface area contributed by atoms with Crippen LogP contribution in [-0.4, -0.2) is 30.2 Å². The molecule has 28 heavy (non-hydrogen) atoms. The normalized spacial score (nSPS) is 11.0. The van der Waals surface area contributed by atoms with Gasteiger partial charge in [0.25, 0.3) is 11.5 Å². The van der Waals surface area contributed by atoms with E-state index in [1.54, 1.807) is 24.3 Å². The van der Waals surface area contributed by atoms with Crippen molar-refractivity contribution < 1.29 is 32.2 Å². The quantitative estimate of drug-likeness (QED) is 0.718. The first kappa shape index (κ1) is 21.0. The average Bonchev–Trinajstić information content (AvgIpc) is 2.65. The SMILES string of the molecule is COc1ccccc1CNC(=O)COC(=O)Cn1cc(C(F)(F)F)ccc1=O. The van der Waals surface area contributed by atoms with Crippen LogP contribution in [0.2, 0.25) is 0 Å². The minimum Gasteiger partial charge on any atom is -0.496 e. The molecule has 1 N–H and O–H groups in total. The molecular weight excluding hydrogens is 381 g/mol. The van der Waals surface area contributed by atoms with Gasteiger partial charge in [-0.25, -0.2) is 0 Å². The molecule has 1 amide bonds. The third-order valence-electron chi connectivity index (χ3n) is 3.64. The Balaban J connectivity index is 1.87. The first-order valence-electron chi connectivity index (χ1n) is 8.02. The molecule has 0 spiro atoms. The number of carbonyl (C=O) groups is 2. The first-order chi connectivity index (χ1) is 13.2. The number of esters is 1. The number of hydrogen-bond donors (Lipinski definition) is 1. The predicted molar refractivity (Wildman–Crippen MR) is 91.5 cm³/mol. The number of nitrogens with one attached hydrogen (secondary N) is 1. The largest absolute Gasteiger partial charge is 0.496 e. The summed E-state index contributed by atoms with van der Waals surface area (Å²) in [5, 5.41) is 2.52. The van der Waals surface area contributed by atoms with Crippen LogP contribution in [0.15, 0.2) is 47.4 Å². The van der Waals surface area contributed by atoms with Crippen LogP contribution in [0.5, 0.6) is 5.75 Å². The lowest BCUT2D eigenvalue weighted by atomic mass is 10.2. The van der Waals surface area contributed by atoms with Crippen molar-refractivity contribution in [3.63, 3.8) is 0 Å². The second-order valence-electron chi connectivity index (χ2n) is 5.63. The highest BCUT2D eigenvalue weighted by Crippen LogP contribution is 2.28. The van der Waals surface area contributed by atoms with Crippen molar-refractivity contribution in [2.24, 2.45) is 0 Å². The van der Waals surface area contributed by atoms with Gasteiger partial charge in [-0.05, 0) is 12.1 Å². The molecule has 0 bridgehead atoms. The fourth-order valence-corrected chi connectivity index (χ4v) is 2.25. The van der Waals surface area contributed by atoms with Crippen molar-refractivity contribution in [3.8, 4) is 5.75 Å². The van der Waals surface area contributed by atoms with Crippen LogP contribution in [0.25, 0.3) is 0 Å². The molecule has 0 saturated carbocycles. The van der Waals surface area contributed by atoms with E-state index in [1.807, 2.05) is 0 Å². The molecule has 0 aliphatic carbocycles. The number of para-hydroxylation sites is 1. The van der Waals surface area contributed by atoms with Gasteiger partial charge in [-0.2, -0.15) is 13.2 Å². The molecule has 0 atom stereocenters. The number of methoxy groups -OCH3 is 1. The summed E-state index contributed by atoms with van der Waals surface area (Å²) in [6.45, 7) is -1.25. The van der Waals surface area contributed by atoms with E-state index < -0.39 is 42.3 Å². The predicted octanol–water partition coefficient (Wildman–Crippen LogP) is 1.74. The minimum absolute atomic E-state index is 0.132. The molecule has 0 aliphatic rings. The number of hydrogen-bond acceptors (Lipinski definition) is 5. The second kappa shape index (κ2) is 9.07. The van der Waals surface area contributed by atoms with Gasteiger partial charge in [-0.15, -0.1) is 0 Å². The summed E-state index contributed by atoms with van der Waals surface area (Å²) in [6, 6.07) is 8.31. The number of ether oxygens (including phenoxy) is 2. The maximum Gasteiger partial charge on any atom is 0.417 e. The monoisotopic (exact) mass is 398 g/mol. The first-order valence-corrected chi connectivity index (χ1v) is 8.02. The van der Waals surface area contributed by atoms with Crippen molar-refractivity contribution in [3.05, 3.63) is 64.1 Å². The average molecular weight is 398 g/mol. The fourth-order valence-electron chi connectivity index (χ4n) is 2.25. The smallest absolute Gasteiger partial charge is 0.417 e. The summed E-state index contributed by atoms with van der Waals surface area (Å²) in [6.07, 6.45) is -4.14. The lowest BCUT2D eigenvalue weighted by molar-refractivity contribution is -0.149. The Morgan fingerprint density at radius 2 is 1.86 bits per heavy atom. The van der Waals surface area contributed by atoms with Gasteiger partial charge in [-0.3, -0.25) is 14.4 Å². The molecular formula is C18H17F3N2O5. The third kappa shape index (κ3) is 5.86. The number of rotatable bonds is 7. The van der Waals surface area contributed by atoms with Crippen LogP contribution in [-0.2, 0) is 33.6 Å². The number of pyridine rings is 1. The van der Waals surface area contributed by atoms with Crippen LogP contribution in [0, 0.1) is 0 Å². The van der Waals surface area contributed by atoms with Crippen LogP contribution in [0.1, 0.15) is 11.1 Å². The Bertz CT molecular complexity index is 909. The van der Waals surface area contributed by atoms with Gasteiger partial charge in [0.05, 0.1) is 12.7 Å². The Morgan fingerprint density at radius 3 is 2.54 bits per heavy atom. The van der Waals surface area contributed by atoms with Crippen molar-refractivity contribution in [1.29, 1.82) is 0 Å². The summed E-state index contributed by atoms with van der Waals surface area (Å²) >= 11 is 0. The molecule has 150 valence electrons. The number of amides is 1. The molecule has 0 fully saturated rings. The summed E-state index contributed by atoms with van der Waals surface area (Å²) in [7, 11) is 1.48. The van der Waals surface area contributed by atoms with Crippen LogP contribution < -0.4 is 15.6 Å². The molecule has 10 heteroatoms. The maximum atomic E-state index is 12.7. The van der Waals surface area contributed by atoms with E-state index in [2.05, 4.69) is 5.32 Å². The number of carbonyl (C=O) groups excluding carboxylic acids is 2. The Hall–Kier alpha value is -3.30. The fraction of sp³-hybridized carbons (Fsp3) is 0.278. The molecule has 7 nitrogen and oxygen atoms in total. The second-order valence-corrected chi connectivity index (χ2v) is 5.63. The van der Waals surface area contributed by atoms with Crippen molar-refractivity contribution in [1.82, 2.24) is 9.88 Å². The Labute approximate surface area is 157 Å². The standard InChI is InChI=1S/C18H17F3N2O5/c1-27-14-5-3-2-4-12(14)8-22-15(24)11-28-17(26)10-23-9-13(18(19,20)21)6-7-16(23)25/h2-7,9H,8,10-11H2,1H3,(H,22,24). The summed E-state index contributed by atoms with van der Waals surface area (Å²) in [5.74, 6) is -1.06. The van der Waals surface area contributed by atoms with Gasteiger partial charge in [0, 0.05) is 24.4 Å². The van der Waals surface area contributed by atoms with Gasteiger partial charge >= 0.3 is 12.1 Å². The van der Waals surface area contributed by atoms with Crippen molar-refractivity contribution in [2.45, 2.75) is 19.3 Å². The van der Waals surface area contributed by atoms with E-state index in [1.165, 1.54) is 7.11 Å². The molecule has 1 heterocycles. The molecule has 0 aliphatic heterocycles. The van der Waals surface area contributed by atoms with Crippen LogP contribution >= 0.6 is 0 Å². The van der Waals surface area contributed by atoms with E-state index in [9.17, 15) is 27.6 Å². The lowest BCUT2D eigenvalue weighted by Crippen LogP contribution is -2.31. The molecule has 0 saturated heterocycles. The molecule has 2 rings (SSSR count). The maximum absolute atomic E-state index is 12.7. The molecule has 1 aromatic heterocycles. The Kier molecular flexibility index (Phi) is 6.80. The van der Waals surface area contributed by atoms with Gasteiger partial charge in [-0.1, -0.05) is 18.2 Å². The van der Waals surface area contributed by atoms with Crippen molar-refractivity contribution >= 4 is 11.9 Å². The van der Waals surface area contributed by atoms with Gasteiger partial charge in [0.15, 0.2) is 6.61 Å². The molecule has 1 aromatic carbocycles. The summed E-state index contributed by atoms with van der Waals surface area (Å²) < 4.78 is 48.4. The number of aromatic nitrogens is 1. The Morgan fingerprint density at radius 1 is 1.14 bits per heavy atom. The highest BCUT2D eigenvalue weighted by atomic mass is 19.4. The number of benzene rings is 1. The summed E-state index contributed by atoms with van der Waals surface area (Å²) in [4.78, 5) is 35.1. The number of nitrogens with zero attached hydrogens (tertiary/aromatic N) is 1. The zero-order chi connectivity index (χ0) is 20.7. The third-order valence-corrected chi connectivity index (χ3v) is 3.64. The van der Waals surface area contributed by atoms with E-state index in [4.69, 9.17) is 9.47 Å². The summed E-state index contributed by atoms with van der Waals surface area (Å²) in [5.41, 5.74) is -1.17. The van der Waals surface area contributed by atoms with Crippen LogP contribution in [0.3, 0.4) is 0 Å². The van der Waals surface area contributed by atoms with Gasteiger partial charge in [0.2, 0.25) is 0 Å². The topological polar surface area (TPSA) is 86.6 Å². The molecule has 2 aromatic rings. The van der Waals surface area contributed by atoms with Gasteiger partial charge in [0.1, 0.15) is 12.3 Å². The van der Waals surface area contributed by atoms with Crippen LogP contribution in [0.4, 0.5) is 13.2 Å². The highest BCUT2D eigenvalue weighted by molar-refractivity contribution is 5.80. The van der Waals surface area contributed by atoms with E-state index >= 15 is 0 Å². The zero-order valence-corrected chi connectivity index (χ0v) is 14.8. The molecule has 0 unspecified atom stereocenters. The minimum atomic E-state index is -4.66.